The Morgan fingerprint density at radius 3 is 2.00 bits per heavy atom. The first kappa shape index (κ1) is 12.8. The molecule has 2 heteroatoms. The number of carboxylic acids is 1. The van der Waals surface area contributed by atoms with Gasteiger partial charge in [0.05, 0.1) is 0 Å². The number of aliphatic carboxylic acids is 1. The molecule has 0 aromatic heterocycles. The van der Waals surface area contributed by atoms with E-state index in [0.717, 1.165) is 12.0 Å². The van der Waals surface area contributed by atoms with Gasteiger partial charge in [-0.25, -0.2) is 4.79 Å². The molecule has 0 aliphatic carbocycles. The summed E-state index contributed by atoms with van der Waals surface area (Å²) in [4.78, 5) is 9.25. The van der Waals surface area contributed by atoms with Gasteiger partial charge in [0.2, 0.25) is 0 Å². The smallest absolute Gasteiger partial charge is 0.327 e. The molecule has 0 heterocycles. The molecule has 0 radical (unpaired) electrons. The predicted molar refractivity (Wildman–Crippen MR) is 47.6 cm³/mol. The van der Waals surface area contributed by atoms with Gasteiger partial charge in [-0.05, 0) is 5.92 Å². The molecule has 66 valence electrons. The second kappa shape index (κ2) is 9.21. The number of hydrogen-bond acceptors (Lipinski definition) is 1. The van der Waals surface area contributed by atoms with Crippen LogP contribution >= 0.6 is 0 Å². The summed E-state index contributed by atoms with van der Waals surface area (Å²) in [6.07, 6.45) is 3.54. The number of carboxylic acid groups (broad SMARTS) is 1. The van der Waals surface area contributed by atoms with E-state index < -0.39 is 5.97 Å². The largest absolute Gasteiger partial charge is 0.478 e. The summed E-state index contributed by atoms with van der Waals surface area (Å²) < 4.78 is 0. The molecule has 0 atom stereocenters. The lowest BCUT2D eigenvalue weighted by Crippen LogP contribution is -1.82. The predicted octanol–water partition coefficient (Wildman–Crippen LogP) is 2.70. The van der Waals surface area contributed by atoms with Crippen LogP contribution in [0, 0.1) is 5.92 Å². The van der Waals surface area contributed by atoms with E-state index in [1.54, 1.807) is 0 Å². The van der Waals surface area contributed by atoms with Crippen LogP contribution < -0.4 is 0 Å². The molecule has 0 saturated heterocycles. The van der Waals surface area contributed by atoms with Gasteiger partial charge in [0.1, 0.15) is 0 Å². The minimum atomic E-state index is -0.981. The summed E-state index contributed by atoms with van der Waals surface area (Å²) >= 11 is 0. The molecule has 0 aliphatic rings. The lowest BCUT2D eigenvalue weighted by atomic mass is 10.1. The van der Waals surface area contributed by atoms with E-state index in [4.69, 9.17) is 5.11 Å². The molecule has 0 bridgehead atoms. The zero-order chi connectivity index (χ0) is 9.28. The first-order valence-corrected chi connectivity index (χ1v) is 3.89. The first-order valence-electron chi connectivity index (χ1n) is 3.89. The highest BCUT2D eigenvalue weighted by Gasteiger charge is 1.85. The van der Waals surface area contributed by atoms with Gasteiger partial charge in [-0.3, -0.25) is 0 Å². The summed E-state index contributed by atoms with van der Waals surface area (Å²) in [6.45, 7) is 9.69. The van der Waals surface area contributed by atoms with Crippen LogP contribution in [0.25, 0.3) is 0 Å². The van der Waals surface area contributed by atoms with Crippen LogP contribution in [0.1, 0.15) is 33.6 Å². The average Bonchev–Trinajstić information content (AvgIpc) is 1.89. The van der Waals surface area contributed by atoms with Gasteiger partial charge in [0, 0.05) is 6.08 Å². The van der Waals surface area contributed by atoms with E-state index in [0.29, 0.717) is 0 Å². The molecule has 11 heavy (non-hydrogen) atoms. The Kier molecular flexibility index (Phi) is 10.8. The van der Waals surface area contributed by atoms with Crippen LogP contribution in [0.4, 0.5) is 0 Å². The van der Waals surface area contributed by atoms with Crippen molar-refractivity contribution >= 4 is 5.97 Å². The highest BCUT2D eigenvalue weighted by atomic mass is 16.4. The van der Waals surface area contributed by atoms with E-state index in [1.807, 2.05) is 0 Å². The summed E-state index contributed by atoms with van der Waals surface area (Å²) in [5, 5.41) is 7.60. The molecule has 0 aromatic rings. The van der Waals surface area contributed by atoms with E-state index in [9.17, 15) is 4.79 Å². The fraction of sp³-hybridized carbons (Fsp3) is 0.667. The van der Waals surface area contributed by atoms with Gasteiger partial charge in [-0.2, -0.15) is 0 Å². The molecular weight excluding hydrogens is 140 g/mol. The SMILES string of the molecule is C=CC(=O)O.CCCC(C)C. The van der Waals surface area contributed by atoms with Crippen molar-refractivity contribution in [2.45, 2.75) is 33.6 Å². The van der Waals surface area contributed by atoms with Gasteiger partial charge >= 0.3 is 5.97 Å². The normalized spacial score (nSPS) is 8.36. The molecule has 0 saturated carbocycles. The number of rotatable bonds is 3. The van der Waals surface area contributed by atoms with Crippen molar-refractivity contribution < 1.29 is 9.90 Å². The first-order chi connectivity index (χ1) is 5.04. The van der Waals surface area contributed by atoms with Crippen molar-refractivity contribution in [3.63, 3.8) is 0 Å². The van der Waals surface area contributed by atoms with Crippen LogP contribution in [0.3, 0.4) is 0 Å². The summed E-state index contributed by atoms with van der Waals surface area (Å²) in [5.41, 5.74) is 0. The monoisotopic (exact) mass is 158 g/mol. The van der Waals surface area contributed by atoms with Crippen molar-refractivity contribution in [3.8, 4) is 0 Å². The Labute approximate surface area is 68.9 Å². The molecule has 0 unspecified atom stereocenters. The Bertz CT molecular complexity index is 106. The van der Waals surface area contributed by atoms with Crippen molar-refractivity contribution in [2.24, 2.45) is 5.92 Å². The van der Waals surface area contributed by atoms with Crippen molar-refractivity contribution in [1.82, 2.24) is 0 Å². The van der Waals surface area contributed by atoms with Crippen LogP contribution in [0.2, 0.25) is 0 Å². The standard InChI is InChI=1S/C6H14.C3H4O2/c1-4-5-6(2)3;1-2-3(4)5/h6H,4-5H2,1-3H3;2H,1H2,(H,4,5). The van der Waals surface area contributed by atoms with Crippen molar-refractivity contribution in [3.05, 3.63) is 12.7 Å². The second-order valence-corrected chi connectivity index (χ2v) is 2.72. The summed E-state index contributed by atoms with van der Waals surface area (Å²) in [7, 11) is 0. The van der Waals surface area contributed by atoms with Gasteiger partial charge in [0.25, 0.3) is 0 Å². The van der Waals surface area contributed by atoms with Crippen LogP contribution in [-0.4, -0.2) is 11.1 Å². The molecule has 2 nitrogen and oxygen atoms in total. The highest BCUT2D eigenvalue weighted by Crippen LogP contribution is 2.00. The Hall–Kier alpha value is -0.790. The molecule has 0 aromatic carbocycles. The third-order valence-corrected chi connectivity index (χ3v) is 1.04. The van der Waals surface area contributed by atoms with Gasteiger partial charge in [-0.15, -0.1) is 0 Å². The van der Waals surface area contributed by atoms with E-state index in [2.05, 4.69) is 27.4 Å². The number of carbonyl (C=O) groups is 1. The topological polar surface area (TPSA) is 37.3 Å². The van der Waals surface area contributed by atoms with Gasteiger partial charge < -0.3 is 5.11 Å². The zero-order valence-electron chi connectivity index (χ0n) is 7.63. The van der Waals surface area contributed by atoms with Gasteiger partial charge in [0.15, 0.2) is 0 Å². The summed E-state index contributed by atoms with van der Waals surface area (Å²) in [6, 6.07) is 0. The third kappa shape index (κ3) is 27.0. The van der Waals surface area contributed by atoms with Gasteiger partial charge in [-0.1, -0.05) is 40.2 Å². The lowest BCUT2D eigenvalue weighted by molar-refractivity contribution is -0.131. The quantitative estimate of drug-likeness (QED) is 0.641. The van der Waals surface area contributed by atoms with E-state index in [-0.39, 0.29) is 0 Å². The summed E-state index contributed by atoms with van der Waals surface area (Å²) in [5.74, 6) is -0.0833. The lowest BCUT2D eigenvalue weighted by Gasteiger charge is -1.95. The fourth-order valence-corrected chi connectivity index (χ4v) is 0.577. The van der Waals surface area contributed by atoms with E-state index >= 15 is 0 Å². The molecule has 0 aliphatic heterocycles. The third-order valence-electron chi connectivity index (χ3n) is 1.04. The molecule has 0 spiro atoms. The van der Waals surface area contributed by atoms with Crippen molar-refractivity contribution in [2.75, 3.05) is 0 Å². The Morgan fingerprint density at radius 2 is 2.00 bits per heavy atom. The van der Waals surface area contributed by atoms with Crippen LogP contribution in [0.15, 0.2) is 12.7 Å². The molecule has 1 N–H and O–H groups in total. The van der Waals surface area contributed by atoms with Crippen LogP contribution in [-0.2, 0) is 4.79 Å². The maximum atomic E-state index is 9.25. The fourth-order valence-electron chi connectivity index (χ4n) is 0.577. The maximum Gasteiger partial charge on any atom is 0.327 e. The minimum absolute atomic E-state index is 0.833. The number of hydrogen-bond donors (Lipinski definition) is 1. The van der Waals surface area contributed by atoms with E-state index in [1.165, 1.54) is 12.8 Å². The molecule has 0 rings (SSSR count). The maximum absolute atomic E-state index is 9.25. The van der Waals surface area contributed by atoms with Crippen LogP contribution in [0.5, 0.6) is 0 Å². The highest BCUT2D eigenvalue weighted by molar-refractivity contribution is 5.78. The van der Waals surface area contributed by atoms with Crippen molar-refractivity contribution in [1.29, 1.82) is 0 Å². The minimum Gasteiger partial charge on any atom is -0.478 e. The molecular formula is C9H18O2. The second-order valence-electron chi connectivity index (χ2n) is 2.72. The Balaban J connectivity index is 0. The zero-order valence-corrected chi connectivity index (χ0v) is 7.63. The average molecular weight is 158 g/mol. The molecule has 0 amide bonds. The Morgan fingerprint density at radius 1 is 1.64 bits per heavy atom. The molecule has 0 fully saturated rings.